The quantitative estimate of drug-likeness (QED) is 0.824. The minimum atomic E-state index is -3.51. The summed E-state index contributed by atoms with van der Waals surface area (Å²) in [6.45, 7) is 0.357. The minimum Gasteiger partial charge on any atom is -0.380 e. The van der Waals surface area contributed by atoms with Crippen LogP contribution in [0.4, 0.5) is 0 Å². The lowest BCUT2D eigenvalue weighted by atomic mass is 10.2. The number of aromatic nitrogens is 1. The molecule has 2 aliphatic carbocycles. The van der Waals surface area contributed by atoms with E-state index in [0.717, 1.165) is 37.8 Å². The molecular weight excluding hydrogens is 290 g/mol. The largest absolute Gasteiger partial charge is 0.380 e. The summed E-state index contributed by atoms with van der Waals surface area (Å²) in [4.78, 5) is 0.316. The Bertz CT molecular complexity index is 607. The van der Waals surface area contributed by atoms with E-state index in [-0.39, 0.29) is 12.1 Å². The lowest BCUT2D eigenvalue weighted by Crippen LogP contribution is -2.40. The van der Waals surface area contributed by atoms with Gasteiger partial charge in [-0.25, -0.2) is 13.1 Å². The molecule has 3 rings (SSSR count). The van der Waals surface area contributed by atoms with E-state index in [1.807, 2.05) is 4.57 Å². The first-order valence-corrected chi connectivity index (χ1v) is 8.99. The Morgan fingerprint density at radius 3 is 2.76 bits per heavy atom. The number of nitrogens with two attached hydrogens (primary N) is 1. The summed E-state index contributed by atoms with van der Waals surface area (Å²) in [6.07, 6.45) is 6.61. The van der Waals surface area contributed by atoms with Crippen LogP contribution in [0.15, 0.2) is 17.2 Å². The van der Waals surface area contributed by atoms with Crippen molar-refractivity contribution in [1.82, 2.24) is 9.29 Å². The first kappa shape index (κ1) is 15.0. The summed E-state index contributed by atoms with van der Waals surface area (Å²) in [5, 5.41) is 0. The molecule has 118 valence electrons. The third kappa shape index (κ3) is 3.01. The van der Waals surface area contributed by atoms with Crippen LogP contribution >= 0.6 is 0 Å². The maximum Gasteiger partial charge on any atom is 0.242 e. The predicted molar refractivity (Wildman–Crippen MR) is 79.4 cm³/mol. The van der Waals surface area contributed by atoms with Gasteiger partial charge in [-0.05, 0) is 38.2 Å². The third-order valence-corrected chi connectivity index (χ3v) is 5.89. The van der Waals surface area contributed by atoms with Crippen molar-refractivity contribution in [3.8, 4) is 0 Å². The molecule has 7 heteroatoms. The highest BCUT2D eigenvalue weighted by Gasteiger charge is 2.33. The van der Waals surface area contributed by atoms with Crippen LogP contribution in [0.1, 0.15) is 43.8 Å². The normalized spacial score (nSPS) is 26.4. The molecule has 0 aliphatic heterocycles. The second kappa shape index (κ2) is 5.72. The molecule has 0 saturated heterocycles. The van der Waals surface area contributed by atoms with Crippen LogP contribution in [-0.2, 0) is 21.3 Å². The molecule has 0 spiro atoms. The average molecular weight is 313 g/mol. The van der Waals surface area contributed by atoms with Gasteiger partial charge in [-0.3, -0.25) is 0 Å². The molecule has 2 fully saturated rings. The van der Waals surface area contributed by atoms with Crippen molar-refractivity contribution in [2.24, 2.45) is 5.73 Å². The van der Waals surface area contributed by atoms with E-state index in [2.05, 4.69) is 4.72 Å². The van der Waals surface area contributed by atoms with Crippen LogP contribution < -0.4 is 10.5 Å². The predicted octanol–water partition coefficient (Wildman–Crippen LogP) is 1.13. The van der Waals surface area contributed by atoms with Crippen LogP contribution in [0.2, 0.25) is 0 Å². The van der Waals surface area contributed by atoms with E-state index in [1.165, 1.54) is 0 Å². The number of hydrogen-bond donors (Lipinski definition) is 2. The number of hydrogen-bond acceptors (Lipinski definition) is 4. The van der Waals surface area contributed by atoms with Crippen molar-refractivity contribution in [1.29, 1.82) is 0 Å². The highest BCUT2D eigenvalue weighted by atomic mass is 32.2. The zero-order chi connectivity index (χ0) is 15.0. The molecule has 0 radical (unpaired) electrons. The van der Waals surface area contributed by atoms with Crippen molar-refractivity contribution in [3.63, 3.8) is 0 Å². The molecule has 1 aromatic heterocycles. The summed E-state index contributed by atoms with van der Waals surface area (Å²) in [5.74, 6) is 0. The SMILES string of the molecule is COC1CCCC1NS(=O)(=O)c1cc(CN)n(C2CC2)c1. The van der Waals surface area contributed by atoms with E-state index >= 15 is 0 Å². The molecule has 0 amide bonds. The Morgan fingerprint density at radius 1 is 1.38 bits per heavy atom. The zero-order valence-electron chi connectivity index (χ0n) is 12.3. The Hall–Kier alpha value is -0.890. The highest BCUT2D eigenvalue weighted by Crippen LogP contribution is 2.37. The van der Waals surface area contributed by atoms with E-state index in [1.54, 1.807) is 19.4 Å². The van der Waals surface area contributed by atoms with E-state index < -0.39 is 10.0 Å². The standard InChI is InChI=1S/C14H23N3O3S/c1-20-14-4-2-3-13(14)16-21(18,19)12-7-11(8-15)17(9-12)10-5-6-10/h7,9-10,13-14,16H,2-6,8,15H2,1H3. The third-order valence-electron chi connectivity index (χ3n) is 4.43. The van der Waals surface area contributed by atoms with Crippen molar-refractivity contribution in [3.05, 3.63) is 18.0 Å². The molecule has 3 N–H and O–H groups in total. The molecule has 6 nitrogen and oxygen atoms in total. The van der Waals surface area contributed by atoms with Gasteiger partial charge in [-0.1, -0.05) is 0 Å². The van der Waals surface area contributed by atoms with Gasteiger partial charge in [0.15, 0.2) is 0 Å². The molecular formula is C14H23N3O3S. The minimum absolute atomic E-state index is 0.0285. The second-order valence-corrected chi connectivity index (χ2v) is 7.66. The van der Waals surface area contributed by atoms with Crippen molar-refractivity contribution < 1.29 is 13.2 Å². The number of nitrogens with zero attached hydrogens (tertiary/aromatic N) is 1. The van der Waals surface area contributed by atoms with Crippen molar-refractivity contribution >= 4 is 10.0 Å². The number of ether oxygens (including phenoxy) is 1. The topological polar surface area (TPSA) is 86.3 Å². The molecule has 2 saturated carbocycles. The number of nitrogens with one attached hydrogen (secondary N) is 1. The van der Waals surface area contributed by atoms with Crippen molar-refractivity contribution in [2.45, 2.75) is 61.7 Å². The molecule has 1 aromatic rings. The maximum atomic E-state index is 12.6. The molecule has 1 heterocycles. The van der Waals surface area contributed by atoms with Gasteiger partial charge in [0.25, 0.3) is 0 Å². The molecule has 21 heavy (non-hydrogen) atoms. The second-order valence-electron chi connectivity index (χ2n) is 5.94. The molecule has 2 unspecified atom stereocenters. The van der Waals surface area contributed by atoms with Gasteiger partial charge in [0.05, 0.1) is 11.0 Å². The summed E-state index contributed by atoms with van der Waals surface area (Å²) in [5.41, 5.74) is 6.61. The van der Waals surface area contributed by atoms with Gasteiger partial charge in [0, 0.05) is 37.6 Å². The van der Waals surface area contributed by atoms with Crippen LogP contribution in [0.3, 0.4) is 0 Å². The smallest absolute Gasteiger partial charge is 0.242 e. The first-order chi connectivity index (χ1) is 10.0. The fourth-order valence-corrected chi connectivity index (χ4v) is 4.46. The summed E-state index contributed by atoms with van der Waals surface area (Å²) < 4.78 is 35.3. The zero-order valence-corrected chi connectivity index (χ0v) is 13.1. The van der Waals surface area contributed by atoms with Crippen LogP contribution in [0, 0.1) is 0 Å². The van der Waals surface area contributed by atoms with Gasteiger partial charge in [0.1, 0.15) is 0 Å². The van der Waals surface area contributed by atoms with E-state index in [4.69, 9.17) is 10.5 Å². The van der Waals surface area contributed by atoms with Crippen LogP contribution in [0.25, 0.3) is 0 Å². The maximum absolute atomic E-state index is 12.6. The van der Waals surface area contributed by atoms with E-state index in [9.17, 15) is 8.42 Å². The highest BCUT2D eigenvalue weighted by molar-refractivity contribution is 7.89. The lowest BCUT2D eigenvalue weighted by Gasteiger charge is -2.19. The molecule has 0 bridgehead atoms. The molecule has 2 atom stereocenters. The van der Waals surface area contributed by atoms with Gasteiger partial charge in [0.2, 0.25) is 10.0 Å². The summed E-state index contributed by atoms with van der Waals surface area (Å²) >= 11 is 0. The summed E-state index contributed by atoms with van der Waals surface area (Å²) in [7, 11) is -1.88. The average Bonchev–Trinajstić information content (AvgIpc) is 3.04. The van der Waals surface area contributed by atoms with Crippen molar-refractivity contribution in [2.75, 3.05) is 7.11 Å². The van der Waals surface area contributed by atoms with Gasteiger partial charge < -0.3 is 15.0 Å². The Kier molecular flexibility index (Phi) is 4.09. The van der Waals surface area contributed by atoms with Gasteiger partial charge in [-0.15, -0.1) is 0 Å². The molecule has 2 aliphatic rings. The number of rotatable bonds is 6. The van der Waals surface area contributed by atoms with Gasteiger partial charge >= 0.3 is 0 Å². The fourth-order valence-electron chi connectivity index (χ4n) is 3.11. The monoisotopic (exact) mass is 313 g/mol. The van der Waals surface area contributed by atoms with Gasteiger partial charge in [-0.2, -0.15) is 0 Å². The number of sulfonamides is 1. The van der Waals surface area contributed by atoms with Crippen LogP contribution in [0.5, 0.6) is 0 Å². The Labute approximate surface area is 125 Å². The Morgan fingerprint density at radius 2 is 2.14 bits per heavy atom. The Balaban J connectivity index is 1.81. The fraction of sp³-hybridized carbons (Fsp3) is 0.714. The summed E-state index contributed by atoms with van der Waals surface area (Å²) in [6, 6.07) is 1.98. The first-order valence-electron chi connectivity index (χ1n) is 7.51. The number of methoxy groups -OCH3 is 1. The van der Waals surface area contributed by atoms with Crippen LogP contribution in [-0.4, -0.2) is 32.2 Å². The van der Waals surface area contributed by atoms with E-state index in [0.29, 0.717) is 17.5 Å². The molecule has 0 aromatic carbocycles. The lowest BCUT2D eigenvalue weighted by molar-refractivity contribution is 0.0916.